The van der Waals surface area contributed by atoms with E-state index in [1.54, 1.807) is 12.1 Å². The molecule has 1 heterocycles. The van der Waals surface area contributed by atoms with Gasteiger partial charge >= 0.3 is 0 Å². The molecule has 2 aromatic rings. The normalized spacial score (nSPS) is 23.9. The van der Waals surface area contributed by atoms with E-state index < -0.39 is 0 Å². The average molecular weight is 382 g/mol. The Bertz CT molecular complexity index is 781. The van der Waals surface area contributed by atoms with Crippen molar-refractivity contribution in [2.24, 2.45) is 0 Å². The van der Waals surface area contributed by atoms with Crippen molar-refractivity contribution in [1.82, 2.24) is 5.32 Å². The van der Waals surface area contributed by atoms with Crippen LogP contribution in [0, 0.1) is 12.7 Å². The van der Waals surface area contributed by atoms with E-state index in [1.807, 2.05) is 12.1 Å². The molecule has 150 valence electrons. The lowest BCUT2D eigenvalue weighted by atomic mass is 9.66. The minimum Gasteiger partial charge on any atom is -0.375 e. The molecule has 0 bridgehead atoms. The van der Waals surface area contributed by atoms with E-state index in [4.69, 9.17) is 4.74 Å². The van der Waals surface area contributed by atoms with Gasteiger partial charge in [0.25, 0.3) is 0 Å². The standard InChI is InChI=1S/C25H32FNO/c1-20-5-4-6-21(17-20)18-27-15-13-24(22-7-9-23(26)10-8-22)14-16-28-25(19-24)11-2-3-12-25/h4-10,17,27H,2-3,11-16,18-19H2,1H3. The summed E-state index contributed by atoms with van der Waals surface area (Å²) in [4.78, 5) is 0. The van der Waals surface area contributed by atoms with E-state index in [2.05, 4.69) is 36.5 Å². The largest absolute Gasteiger partial charge is 0.375 e. The zero-order valence-corrected chi connectivity index (χ0v) is 17.0. The first-order chi connectivity index (χ1) is 13.6. The number of hydrogen-bond acceptors (Lipinski definition) is 2. The second kappa shape index (κ2) is 8.34. The molecule has 2 nitrogen and oxygen atoms in total. The Hall–Kier alpha value is -1.71. The smallest absolute Gasteiger partial charge is 0.123 e. The summed E-state index contributed by atoms with van der Waals surface area (Å²) in [6, 6.07) is 15.9. The van der Waals surface area contributed by atoms with Gasteiger partial charge in [0.05, 0.1) is 5.60 Å². The Morgan fingerprint density at radius 3 is 2.57 bits per heavy atom. The molecule has 0 amide bonds. The third-order valence-corrected chi connectivity index (χ3v) is 6.81. The van der Waals surface area contributed by atoms with Crippen LogP contribution >= 0.6 is 0 Å². The van der Waals surface area contributed by atoms with Crippen LogP contribution < -0.4 is 5.32 Å². The van der Waals surface area contributed by atoms with Gasteiger partial charge in [-0.05, 0) is 68.8 Å². The maximum atomic E-state index is 13.6. The molecular weight excluding hydrogens is 349 g/mol. The van der Waals surface area contributed by atoms with E-state index >= 15 is 0 Å². The van der Waals surface area contributed by atoms with Crippen LogP contribution in [0.2, 0.25) is 0 Å². The monoisotopic (exact) mass is 381 g/mol. The highest BCUT2D eigenvalue weighted by molar-refractivity contribution is 5.28. The lowest BCUT2D eigenvalue weighted by Crippen LogP contribution is -2.47. The van der Waals surface area contributed by atoms with Crippen molar-refractivity contribution >= 4 is 0 Å². The van der Waals surface area contributed by atoms with Crippen LogP contribution in [0.25, 0.3) is 0 Å². The molecule has 1 saturated heterocycles. The van der Waals surface area contributed by atoms with Crippen LogP contribution in [0.4, 0.5) is 4.39 Å². The molecule has 1 N–H and O–H groups in total. The minimum atomic E-state index is -0.154. The van der Waals surface area contributed by atoms with Gasteiger partial charge in [0, 0.05) is 18.6 Å². The zero-order chi connectivity index (χ0) is 19.5. The van der Waals surface area contributed by atoms with Gasteiger partial charge in [0.1, 0.15) is 5.82 Å². The molecule has 1 aliphatic carbocycles. The van der Waals surface area contributed by atoms with E-state index in [1.165, 1.54) is 42.4 Å². The van der Waals surface area contributed by atoms with Crippen molar-refractivity contribution in [3.8, 4) is 0 Å². The van der Waals surface area contributed by atoms with Gasteiger partial charge in [0.2, 0.25) is 0 Å². The predicted molar refractivity (Wildman–Crippen MR) is 112 cm³/mol. The van der Waals surface area contributed by atoms with Crippen LogP contribution in [-0.4, -0.2) is 18.8 Å². The van der Waals surface area contributed by atoms with Gasteiger partial charge in [-0.3, -0.25) is 0 Å². The van der Waals surface area contributed by atoms with Gasteiger partial charge in [0.15, 0.2) is 0 Å². The fourth-order valence-electron chi connectivity index (χ4n) is 5.35. The number of halogens is 1. The summed E-state index contributed by atoms with van der Waals surface area (Å²) in [5.74, 6) is -0.154. The summed E-state index contributed by atoms with van der Waals surface area (Å²) >= 11 is 0. The molecule has 1 saturated carbocycles. The molecule has 2 aromatic carbocycles. The Labute approximate surface area is 168 Å². The first kappa shape index (κ1) is 19.6. The predicted octanol–water partition coefficient (Wildman–Crippen LogP) is 5.68. The van der Waals surface area contributed by atoms with Crippen LogP contribution in [-0.2, 0) is 16.7 Å². The first-order valence-corrected chi connectivity index (χ1v) is 10.8. The molecule has 3 heteroatoms. The summed E-state index contributed by atoms with van der Waals surface area (Å²) in [7, 11) is 0. The van der Waals surface area contributed by atoms with Crippen molar-refractivity contribution in [2.45, 2.75) is 69.4 Å². The highest BCUT2D eigenvalue weighted by Gasteiger charge is 2.47. The highest BCUT2D eigenvalue weighted by atomic mass is 19.1. The second-order valence-electron chi connectivity index (χ2n) is 8.87. The van der Waals surface area contributed by atoms with Crippen molar-refractivity contribution in [3.63, 3.8) is 0 Å². The molecule has 2 fully saturated rings. The average Bonchev–Trinajstić information content (AvgIpc) is 3.13. The third kappa shape index (κ3) is 4.31. The first-order valence-electron chi connectivity index (χ1n) is 10.8. The van der Waals surface area contributed by atoms with Crippen molar-refractivity contribution in [1.29, 1.82) is 0 Å². The third-order valence-electron chi connectivity index (χ3n) is 6.81. The molecule has 2 aliphatic rings. The fraction of sp³-hybridized carbons (Fsp3) is 0.520. The van der Waals surface area contributed by atoms with Gasteiger partial charge in [-0.1, -0.05) is 54.8 Å². The summed E-state index contributed by atoms with van der Waals surface area (Å²) in [6.45, 7) is 4.80. The summed E-state index contributed by atoms with van der Waals surface area (Å²) in [6.07, 6.45) is 8.04. The molecule has 1 spiro atoms. The molecule has 28 heavy (non-hydrogen) atoms. The molecule has 0 aromatic heterocycles. The molecule has 1 aliphatic heterocycles. The number of aryl methyl sites for hydroxylation is 1. The number of benzene rings is 2. The SMILES string of the molecule is Cc1cccc(CNCCC2(c3ccc(F)cc3)CCOC3(CCCC3)C2)c1. The summed E-state index contributed by atoms with van der Waals surface area (Å²) in [5, 5.41) is 3.65. The zero-order valence-electron chi connectivity index (χ0n) is 17.0. The van der Waals surface area contributed by atoms with E-state index in [0.717, 1.165) is 39.0 Å². The summed E-state index contributed by atoms with van der Waals surface area (Å²) in [5.41, 5.74) is 4.03. The van der Waals surface area contributed by atoms with Crippen LogP contribution in [0.15, 0.2) is 48.5 Å². The maximum absolute atomic E-state index is 13.6. The van der Waals surface area contributed by atoms with E-state index in [9.17, 15) is 4.39 Å². The van der Waals surface area contributed by atoms with Crippen molar-refractivity contribution < 1.29 is 9.13 Å². The van der Waals surface area contributed by atoms with Crippen LogP contribution in [0.1, 0.15) is 61.6 Å². The Morgan fingerprint density at radius 2 is 1.82 bits per heavy atom. The Morgan fingerprint density at radius 1 is 1.04 bits per heavy atom. The van der Waals surface area contributed by atoms with Crippen LogP contribution in [0.3, 0.4) is 0 Å². The fourth-order valence-corrected chi connectivity index (χ4v) is 5.35. The van der Waals surface area contributed by atoms with Crippen molar-refractivity contribution in [2.75, 3.05) is 13.2 Å². The van der Waals surface area contributed by atoms with Gasteiger partial charge < -0.3 is 10.1 Å². The quantitative estimate of drug-likeness (QED) is 0.651. The van der Waals surface area contributed by atoms with Gasteiger partial charge in [-0.2, -0.15) is 0 Å². The maximum Gasteiger partial charge on any atom is 0.123 e. The number of ether oxygens (including phenoxy) is 1. The highest BCUT2D eigenvalue weighted by Crippen LogP contribution is 2.50. The van der Waals surface area contributed by atoms with Crippen molar-refractivity contribution in [3.05, 3.63) is 71.0 Å². The molecular formula is C25H32FNO. The van der Waals surface area contributed by atoms with E-state index in [-0.39, 0.29) is 16.8 Å². The molecule has 1 atom stereocenters. The lowest BCUT2D eigenvalue weighted by Gasteiger charge is -2.47. The van der Waals surface area contributed by atoms with E-state index in [0.29, 0.717) is 0 Å². The molecule has 4 rings (SSSR count). The Balaban J connectivity index is 1.47. The van der Waals surface area contributed by atoms with Gasteiger partial charge in [-0.25, -0.2) is 4.39 Å². The topological polar surface area (TPSA) is 21.3 Å². The number of nitrogens with one attached hydrogen (secondary N) is 1. The number of rotatable bonds is 6. The second-order valence-corrected chi connectivity index (χ2v) is 8.87. The number of hydrogen-bond donors (Lipinski definition) is 1. The lowest BCUT2D eigenvalue weighted by molar-refractivity contribution is -0.103. The minimum absolute atomic E-state index is 0.0448. The van der Waals surface area contributed by atoms with Gasteiger partial charge in [-0.15, -0.1) is 0 Å². The van der Waals surface area contributed by atoms with Crippen LogP contribution in [0.5, 0.6) is 0 Å². The Kier molecular flexibility index (Phi) is 5.84. The summed E-state index contributed by atoms with van der Waals surface area (Å²) < 4.78 is 19.9. The molecule has 1 unspecified atom stereocenters. The molecule has 0 radical (unpaired) electrons.